The normalized spacial score (nSPS) is 10.9. The zero-order valence-corrected chi connectivity index (χ0v) is 15.0. The van der Waals surface area contributed by atoms with E-state index in [0.717, 1.165) is 28.1 Å². The molecule has 0 radical (unpaired) electrons. The van der Waals surface area contributed by atoms with Crippen molar-refractivity contribution in [2.24, 2.45) is 5.10 Å². The lowest BCUT2D eigenvalue weighted by molar-refractivity contribution is 0.0949. The minimum Gasteiger partial charge on any atom is -0.378 e. The number of amides is 1. The van der Waals surface area contributed by atoms with Gasteiger partial charge in [0.2, 0.25) is 0 Å². The van der Waals surface area contributed by atoms with E-state index in [2.05, 4.69) is 20.7 Å². The van der Waals surface area contributed by atoms with Gasteiger partial charge in [-0.05, 0) is 24.6 Å². The average molecular weight is 347 g/mol. The number of rotatable bonds is 5. The first-order valence-electron chi connectivity index (χ1n) is 8.27. The van der Waals surface area contributed by atoms with Crippen LogP contribution in [0.4, 0.5) is 5.69 Å². The van der Waals surface area contributed by atoms with E-state index in [1.54, 1.807) is 6.21 Å². The molecule has 6 heteroatoms. The number of nitrogens with one attached hydrogen (secondary N) is 2. The molecule has 0 atom stereocenters. The van der Waals surface area contributed by atoms with Crippen LogP contribution in [-0.4, -0.2) is 36.4 Å². The van der Waals surface area contributed by atoms with Crippen LogP contribution in [0.1, 0.15) is 21.6 Å². The van der Waals surface area contributed by atoms with Crippen molar-refractivity contribution >= 4 is 17.8 Å². The van der Waals surface area contributed by atoms with E-state index in [-0.39, 0.29) is 5.91 Å². The summed E-state index contributed by atoms with van der Waals surface area (Å²) in [6.07, 6.45) is 1.61. The van der Waals surface area contributed by atoms with Gasteiger partial charge >= 0.3 is 0 Å². The first-order valence-corrected chi connectivity index (χ1v) is 8.27. The zero-order valence-electron chi connectivity index (χ0n) is 15.0. The van der Waals surface area contributed by atoms with E-state index in [9.17, 15) is 4.79 Å². The van der Waals surface area contributed by atoms with E-state index in [4.69, 9.17) is 0 Å². The summed E-state index contributed by atoms with van der Waals surface area (Å²) >= 11 is 0. The van der Waals surface area contributed by atoms with Gasteiger partial charge in [0.25, 0.3) is 5.91 Å². The van der Waals surface area contributed by atoms with Crippen LogP contribution in [0, 0.1) is 6.92 Å². The maximum absolute atomic E-state index is 12.3. The highest BCUT2D eigenvalue weighted by atomic mass is 16.2. The minimum atomic E-state index is -0.321. The van der Waals surface area contributed by atoms with Crippen molar-refractivity contribution in [2.75, 3.05) is 19.0 Å². The van der Waals surface area contributed by atoms with E-state index in [0.29, 0.717) is 5.69 Å². The third kappa shape index (κ3) is 3.80. The Morgan fingerprint density at radius 2 is 1.81 bits per heavy atom. The van der Waals surface area contributed by atoms with E-state index < -0.39 is 0 Å². The Labute approximate surface area is 152 Å². The Bertz CT molecular complexity index is 911. The van der Waals surface area contributed by atoms with E-state index in [1.807, 2.05) is 80.5 Å². The summed E-state index contributed by atoms with van der Waals surface area (Å²) in [5.41, 5.74) is 7.47. The highest BCUT2D eigenvalue weighted by Gasteiger charge is 2.16. The first kappa shape index (κ1) is 17.4. The molecule has 3 aromatic rings. The monoisotopic (exact) mass is 347 g/mol. The molecule has 2 aromatic carbocycles. The molecular weight excluding hydrogens is 326 g/mol. The summed E-state index contributed by atoms with van der Waals surface area (Å²) in [6.45, 7) is 1.87. The van der Waals surface area contributed by atoms with Crippen LogP contribution in [0.2, 0.25) is 0 Å². The lowest BCUT2D eigenvalue weighted by Gasteiger charge is -2.11. The minimum absolute atomic E-state index is 0.321. The number of hydrogen-bond donors (Lipinski definition) is 2. The molecule has 0 fully saturated rings. The number of aromatic amines is 1. The van der Waals surface area contributed by atoms with Crippen LogP contribution >= 0.6 is 0 Å². The van der Waals surface area contributed by atoms with Crippen LogP contribution in [-0.2, 0) is 0 Å². The van der Waals surface area contributed by atoms with Gasteiger partial charge in [0.05, 0.1) is 11.9 Å². The standard InChI is InChI=1S/C20H21N5O/c1-14-18(16-7-5-4-6-8-16)22-23-19(14)20(26)24-21-13-15-9-11-17(12-10-15)25(2)3/h4-13H,1-3H3,(H,22,23)(H,24,26). The zero-order chi connectivity index (χ0) is 18.5. The molecule has 1 aromatic heterocycles. The Morgan fingerprint density at radius 3 is 2.46 bits per heavy atom. The predicted molar refractivity (Wildman–Crippen MR) is 105 cm³/mol. The molecular formula is C20H21N5O. The van der Waals surface area contributed by atoms with Gasteiger partial charge in [0, 0.05) is 30.9 Å². The Kier molecular flexibility index (Phi) is 5.12. The number of carbonyl (C=O) groups is 1. The van der Waals surface area contributed by atoms with Crippen molar-refractivity contribution in [3.05, 3.63) is 71.4 Å². The van der Waals surface area contributed by atoms with Crippen LogP contribution in [0.15, 0.2) is 59.7 Å². The summed E-state index contributed by atoms with van der Waals surface area (Å²) in [6, 6.07) is 17.6. The van der Waals surface area contributed by atoms with Gasteiger partial charge in [0.1, 0.15) is 5.69 Å². The molecule has 26 heavy (non-hydrogen) atoms. The van der Waals surface area contributed by atoms with E-state index in [1.165, 1.54) is 0 Å². The van der Waals surface area contributed by atoms with Crippen LogP contribution in [0.25, 0.3) is 11.3 Å². The summed E-state index contributed by atoms with van der Waals surface area (Å²) in [7, 11) is 3.97. The summed E-state index contributed by atoms with van der Waals surface area (Å²) < 4.78 is 0. The Hall–Kier alpha value is -3.41. The van der Waals surface area contributed by atoms with Crippen molar-refractivity contribution in [2.45, 2.75) is 6.92 Å². The first-order chi connectivity index (χ1) is 12.6. The van der Waals surface area contributed by atoms with Crippen LogP contribution < -0.4 is 10.3 Å². The molecule has 0 unspecified atom stereocenters. The molecule has 132 valence electrons. The number of benzene rings is 2. The number of H-pyrrole nitrogens is 1. The van der Waals surface area contributed by atoms with Gasteiger partial charge < -0.3 is 4.90 Å². The predicted octanol–water partition coefficient (Wildman–Crippen LogP) is 3.22. The number of carbonyl (C=O) groups excluding carboxylic acids is 1. The molecule has 0 saturated heterocycles. The molecule has 0 spiro atoms. The highest BCUT2D eigenvalue weighted by Crippen LogP contribution is 2.22. The summed E-state index contributed by atoms with van der Waals surface area (Å²) in [5.74, 6) is -0.321. The average Bonchev–Trinajstić information content (AvgIpc) is 3.04. The fraction of sp³-hybridized carbons (Fsp3) is 0.150. The molecule has 1 heterocycles. The second-order valence-electron chi connectivity index (χ2n) is 6.12. The van der Waals surface area contributed by atoms with Crippen LogP contribution in [0.3, 0.4) is 0 Å². The highest BCUT2D eigenvalue weighted by molar-refractivity contribution is 5.96. The van der Waals surface area contributed by atoms with Gasteiger partial charge in [-0.3, -0.25) is 9.89 Å². The van der Waals surface area contributed by atoms with Crippen molar-refractivity contribution in [1.29, 1.82) is 0 Å². The molecule has 6 nitrogen and oxygen atoms in total. The third-order valence-electron chi connectivity index (χ3n) is 4.07. The molecule has 3 rings (SSSR count). The second kappa shape index (κ2) is 7.65. The lowest BCUT2D eigenvalue weighted by atomic mass is 10.1. The number of nitrogens with zero attached hydrogens (tertiary/aromatic N) is 3. The summed E-state index contributed by atoms with van der Waals surface area (Å²) in [5, 5.41) is 11.1. The topological polar surface area (TPSA) is 73.4 Å². The van der Waals surface area contributed by atoms with Gasteiger partial charge in [-0.1, -0.05) is 42.5 Å². The fourth-order valence-electron chi connectivity index (χ4n) is 2.58. The maximum atomic E-state index is 12.3. The largest absolute Gasteiger partial charge is 0.378 e. The second-order valence-corrected chi connectivity index (χ2v) is 6.12. The molecule has 0 aliphatic rings. The molecule has 0 aliphatic heterocycles. The quantitative estimate of drug-likeness (QED) is 0.550. The van der Waals surface area contributed by atoms with Crippen molar-refractivity contribution in [1.82, 2.24) is 15.6 Å². The number of hydrazone groups is 1. The van der Waals surface area contributed by atoms with Gasteiger partial charge in [-0.25, -0.2) is 5.43 Å². The lowest BCUT2D eigenvalue weighted by Crippen LogP contribution is -2.19. The molecule has 2 N–H and O–H groups in total. The smallest absolute Gasteiger partial charge is 0.289 e. The van der Waals surface area contributed by atoms with Crippen molar-refractivity contribution < 1.29 is 4.79 Å². The molecule has 1 amide bonds. The fourth-order valence-corrected chi connectivity index (χ4v) is 2.58. The molecule has 0 saturated carbocycles. The van der Waals surface area contributed by atoms with E-state index >= 15 is 0 Å². The number of hydrogen-bond acceptors (Lipinski definition) is 4. The molecule has 0 aliphatic carbocycles. The Morgan fingerprint density at radius 1 is 1.12 bits per heavy atom. The van der Waals surface area contributed by atoms with Crippen molar-refractivity contribution in [3.8, 4) is 11.3 Å². The van der Waals surface area contributed by atoms with Crippen LogP contribution in [0.5, 0.6) is 0 Å². The molecule has 0 bridgehead atoms. The SMILES string of the molecule is Cc1c(-c2ccccc2)n[nH]c1C(=O)NN=Cc1ccc(N(C)C)cc1. The van der Waals surface area contributed by atoms with Crippen molar-refractivity contribution in [3.63, 3.8) is 0 Å². The van der Waals surface area contributed by atoms with Gasteiger partial charge in [0.15, 0.2) is 0 Å². The summed E-state index contributed by atoms with van der Waals surface area (Å²) in [4.78, 5) is 14.4. The maximum Gasteiger partial charge on any atom is 0.289 e. The van der Waals surface area contributed by atoms with Gasteiger partial charge in [-0.2, -0.15) is 10.2 Å². The Balaban J connectivity index is 1.68. The number of anilines is 1. The number of aromatic nitrogens is 2. The van der Waals surface area contributed by atoms with Gasteiger partial charge in [-0.15, -0.1) is 0 Å². The third-order valence-corrected chi connectivity index (χ3v) is 4.07.